The van der Waals surface area contributed by atoms with E-state index in [0.717, 1.165) is 30.4 Å². The Hall–Kier alpha value is -2.62. The van der Waals surface area contributed by atoms with E-state index < -0.39 is 12.1 Å². The molecule has 1 amide bonds. The largest absolute Gasteiger partial charge is 0.449 e. The van der Waals surface area contributed by atoms with Crippen LogP contribution in [0.3, 0.4) is 0 Å². The van der Waals surface area contributed by atoms with Crippen LogP contribution in [0.4, 0.5) is 0 Å². The Labute approximate surface area is 154 Å². The fraction of sp³-hybridized carbons (Fsp3) is 0.364. The molecule has 0 radical (unpaired) electrons. The molecule has 3 rings (SSSR count). The Balaban J connectivity index is 1.63. The van der Waals surface area contributed by atoms with Crippen molar-refractivity contribution in [3.05, 3.63) is 70.3 Å². The van der Waals surface area contributed by atoms with Crippen molar-refractivity contribution in [2.75, 3.05) is 0 Å². The van der Waals surface area contributed by atoms with Crippen LogP contribution in [0.1, 0.15) is 58.4 Å². The van der Waals surface area contributed by atoms with Crippen LogP contribution in [0, 0.1) is 13.8 Å². The lowest BCUT2D eigenvalue weighted by Gasteiger charge is -2.27. The van der Waals surface area contributed by atoms with Crippen LogP contribution in [0.15, 0.2) is 42.5 Å². The molecule has 1 aliphatic rings. The lowest BCUT2D eigenvalue weighted by Crippen LogP contribution is -2.39. The SMILES string of the molecule is Cc1ccc(C(=O)O[C@H](C)C(=O)N[C@@H]2CCCc3ccccc32)cc1C. The van der Waals surface area contributed by atoms with Crippen molar-refractivity contribution in [2.24, 2.45) is 0 Å². The summed E-state index contributed by atoms with van der Waals surface area (Å²) in [6, 6.07) is 13.6. The molecular formula is C22H25NO3. The fourth-order valence-corrected chi connectivity index (χ4v) is 3.34. The van der Waals surface area contributed by atoms with Gasteiger partial charge in [-0.3, -0.25) is 4.79 Å². The van der Waals surface area contributed by atoms with Gasteiger partial charge in [-0.25, -0.2) is 4.79 Å². The van der Waals surface area contributed by atoms with E-state index in [2.05, 4.69) is 17.4 Å². The van der Waals surface area contributed by atoms with Gasteiger partial charge in [-0.2, -0.15) is 0 Å². The van der Waals surface area contributed by atoms with Crippen molar-refractivity contribution in [3.63, 3.8) is 0 Å². The average Bonchev–Trinajstić information content (AvgIpc) is 2.64. The monoisotopic (exact) mass is 351 g/mol. The number of esters is 1. The standard InChI is InChI=1S/C22H25NO3/c1-14-11-12-18(13-15(14)2)22(25)26-16(3)21(24)23-20-10-6-8-17-7-4-5-9-19(17)20/h4-5,7,9,11-13,16,20H,6,8,10H2,1-3H3,(H,23,24)/t16-,20-/m1/s1. The van der Waals surface area contributed by atoms with Gasteiger partial charge in [-0.15, -0.1) is 0 Å². The molecule has 1 N–H and O–H groups in total. The highest BCUT2D eigenvalue weighted by Crippen LogP contribution is 2.29. The van der Waals surface area contributed by atoms with Gasteiger partial charge in [0.2, 0.25) is 0 Å². The zero-order valence-corrected chi connectivity index (χ0v) is 15.5. The number of ether oxygens (including phenoxy) is 1. The first-order valence-corrected chi connectivity index (χ1v) is 9.12. The number of hydrogen-bond donors (Lipinski definition) is 1. The van der Waals surface area contributed by atoms with E-state index in [1.54, 1.807) is 19.1 Å². The second kappa shape index (κ2) is 7.73. The van der Waals surface area contributed by atoms with E-state index in [-0.39, 0.29) is 11.9 Å². The summed E-state index contributed by atoms with van der Waals surface area (Å²) in [4.78, 5) is 24.8. The van der Waals surface area contributed by atoms with Crippen LogP contribution < -0.4 is 5.32 Å². The van der Waals surface area contributed by atoms with E-state index in [9.17, 15) is 9.59 Å². The molecule has 0 fully saturated rings. The van der Waals surface area contributed by atoms with Crippen LogP contribution in [0.5, 0.6) is 0 Å². The second-order valence-corrected chi connectivity index (χ2v) is 7.00. The maximum Gasteiger partial charge on any atom is 0.338 e. The predicted molar refractivity (Wildman–Crippen MR) is 101 cm³/mol. The normalized spacial score (nSPS) is 17.1. The number of carbonyl (C=O) groups excluding carboxylic acids is 2. The van der Waals surface area contributed by atoms with Crippen LogP contribution in [-0.4, -0.2) is 18.0 Å². The first kappa shape index (κ1) is 18.2. The van der Waals surface area contributed by atoms with Crippen molar-refractivity contribution in [3.8, 4) is 0 Å². The minimum atomic E-state index is -0.835. The van der Waals surface area contributed by atoms with Crippen LogP contribution in [0.2, 0.25) is 0 Å². The van der Waals surface area contributed by atoms with Gasteiger partial charge in [0, 0.05) is 0 Å². The number of amides is 1. The van der Waals surface area contributed by atoms with Crippen molar-refractivity contribution >= 4 is 11.9 Å². The molecule has 0 bridgehead atoms. The number of hydrogen-bond acceptors (Lipinski definition) is 3. The van der Waals surface area contributed by atoms with E-state index in [1.807, 2.05) is 32.0 Å². The number of rotatable bonds is 4. The molecule has 0 heterocycles. The predicted octanol–water partition coefficient (Wildman–Crippen LogP) is 4.04. The maximum atomic E-state index is 12.5. The molecule has 4 nitrogen and oxygen atoms in total. The Kier molecular flexibility index (Phi) is 5.40. The number of nitrogens with one attached hydrogen (secondary N) is 1. The van der Waals surface area contributed by atoms with Crippen molar-refractivity contribution < 1.29 is 14.3 Å². The van der Waals surface area contributed by atoms with Crippen molar-refractivity contribution in [1.29, 1.82) is 0 Å². The van der Waals surface area contributed by atoms with Crippen LogP contribution >= 0.6 is 0 Å². The molecule has 4 heteroatoms. The lowest BCUT2D eigenvalue weighted by molar-refractivity contribution is -0.130. The molecule has 0 saturated carbocycles. The third-order valence-electron chi connectivity index (χ3n) is 5.08. The van der Waals surface area contributed by atoms with Gasteiger partial charge in [0.05, 0.1) is 11.6 Å². The minimum absolute atomic E-state index is 0.0183. The van der Waals surface area contributed by atoms with Gasteiger partial charge in [-0.1, -0.05) is 30.3 Å². The summed E-state index contributed by atoms with van der Waals surface area (Å²) < 4.78 is 5.37. The number of benzene rings is 2. The summed E-state index contributed by atoms with van der Waals surface area (Å²) in [7, 11) is 0. The first-order chi connectivity index (χ1) is 12.5. The molecular weight excluding hydrogens is 326 g/mol. The fourth-order valence-electron chi connectivity index (χ4n) is 3.34. The number of carbonyl (C=O) groups is 2. The Morgan fingerprint density at radius 2 is 1.88 bits per heavy atom. The molecule has 1 aliphatic carbocycles. The molecule has 2 atom stereocenters. The molecule has 0 unspecified atom stereocenters. The molecule has 2 aromatic rings. The molecule has 0 spiro atoms. The molecule has 0 aliphatic heterocycles. The highest BCUT2D eigenvalue weighted by Gasteiger charge is 2.25. The van der Waals surface area contributed by atoms with E-state index in [4.69, 9.17) is 4.74 Å². The Morgan fingerprint density at radius 3 is 2.65 bits per heavy atom. The summed E-state index contributed by atoms with van der Waals surface area (Å²) in [5, 5.41) is 3.04. The van der Waals surface area contributed by atoms with Gasteiger partial charge in [-0.05, 0) is 74.4 Å². The quantitative estimate of drug-likeness (QED) is 0.846. The van der Waals surface area contributed by atoms with Crippen LogP contribution in [-0.2, 0) is 16.0 Å². The van der Waals surface area contributed by atoms with Crippen molar-refractivity contribution in [1.82, 2.24) is 5.32 Å². The first-order valence-electron chi connectivity index (χ1n) is 9.12. The lowest BCUT2D eigenvalue weighted by atomic mass is 9.87. The third-order valence-corrected chi connectivity index (χ3v) is 5.08. The summed E-state index contributed by atoms with van der Waals surface area (Å²) >= 11 is 0. The summed E-state index contributed by atoms with van der Waals surface area (Å²) in [6.45, 7) is 5.55. The zero-order chi connectivity index (χ0) is 18.7. The zero-order valence-electron chi connectivity index (χ0n) is 15.5. The Bertz CT molecular complexity index is 828. The minimum Gasteiger partial charge on any atom is -0.449 e. The number of fused-ring (bicyclic) bond motifs is 1. The second-order valence-electron chi connectivity index (χ2n) is 7.00. The average molecular weight is 351 g/mol. The smallest absolute Gasteiger partial charge is 0.338 e. The summed E-state index contributed by atoms with van der Waals surface area (Å²) in [5.74, 6) is -0.733. The highest BCUT2D eigenvalue weighted by atomic mass is 16.5. The van der Waals surface area contributed by atoms with Gasteiger partial charge >= 0.3 is 5.97 Å². The Morgan fingerprint density at radius 1 is 1.12 bits per heavy atom. The highest BCUT2D eigenvalue weighted by molar-refractivity contribution is 5.92. The topological polar surface area (TPSA) is 55.4 Å². The summed E-state index contributed by atoms with van der Waals surface area (Å²) in [6.07, 6.45) is 2.15. The maximum absolute atomic E-state index is 12.5. The van der Waals surface area contributed by atoms with Crippen molar-refractivity contribution in [2.45, 2.75) is 52.2 Å². The molecule has 0 aromatic heterocycles. The van der Waals surface area contributed by atoms with E-state index in [1.165, 1.54) is 11.1 Å². The molecule has 0 saturated heterocycles. The van der Waals surface area contributed by atoms with Gasteiger partial charge in [0.1, 0.15) is 0 Å². The third kappa shape index (κ3) is 3.96. The van der Waals surface area contributed by atoms with E-state index >= 15 is 0 Å². The number of aryl methyl sites for hydroxylation is 3. The van der Waals surface area contributed by atoms with Gasteiger partial charge in [0.15, 0.2) is 6.10 Å². The van der Waals surface area contributed by atoms with E-state index in [0.29, 0.717) is 5.56 Å². The molecule has 136 valence electrons. The molecule has 2 aromatic carbocycles. The van der Waals surface area contributed by atoms with Crippen LogP contribution in [0.25, 0.3) is 0 Å². The van der Waals surface area contributed by atoms with Gasteiger partial charge in [0.25, 0.3) is 5.91 Å². The molecule has 26 heavy (non-hydrogen) atoms. The summed E-state index contributed by atoms with van der Waals surface area (Å²) in [5.41, 5.74) is 5.05. The van der Waals surface area contributed by atoms with Gasteiger partial charge < -0.3 is 10.1 Å².